The second-order valence-electron chi connectivity index (χ2n) is 25.3. The monoisotopic (exact) mass is 956 g/mol. The van der Waals surface area contributed by atoms with Crippen LogP contribution in [0.5, 0.6) is 0 Å². The van der Waals surface area contributed by atoms with Crippen LogP contribution in [0, 0.1) is 0 Å². The number of benzene rings is 8. The lowest BCUT2D eigenvalue weighted by Gasteiger charge is -2.53. The predicted molar refractivity (Wildman–Crippen MR) is 314 cm³/mol. The lowest BCUT2D eigenvalue weighted by molar-refractivity contribution is 0.188. The summed E-state index contributed by atoms with van der Waals surface area (Å²) in [5, 5.41) is 1.50. The molecule has 13 rings (SSSR count). The van der Waals surface area contributed by atoms with E-state index in [4.69, 9.17) is 0 Å². The number of anilines is 9. The number of rotatable bonds is 7. The van der Waals surface area contributed by atoms with Gasteiger partial charge in [0.05, 0.1) is 19.4 Å². The SMILES string of the molecule is CC(C)(C)c1ccc(N2c3ccc([Si](C)(C)C)cc3B3c4cc5c(cc4N(c4ccc(C(C)(C)C)cc4-c4ccccc4)c4cc(N(c6ccccc6)c6ccccc6)cc2c43)C2(C)CCC5(C)CC2)cc1. The van der Waals surface area contributed by atoms with Gasteiger partial charge in [-0.3, -0.25) is 0 Å². The van der Waals surface area contributed by atoms with Crippen LogP contribution in [0.25, 0.3) is 11.1 Å². The first-order valence-corrected chi connectivity index (χ1v) is 30.1. The molecule has 0 aromatic heterocycles. The molecule has 0 radical (unpaired) electrons. The fraction of sp³-hybridized carbons (Fsp3) is 0.284. The summed E-state index contributed by atoms with van der Waals surface area (Å²) >= 11 is 0. The molecule has 3 nitrogen and oxygen atoms in total. The molecule has 0 spiro atoms. The molecule has 0 N–H and O–H groups in total. The molecule has 3 aliphatic carbocycles. The highest BCUT2D eigenvalue weighted by atomic mass is 28.3. The lowest BCUT2D eigenvalue weighted by Crippen LogP contribution is -2.63. The van der Waals surface area contributed by atoms with Gasteiger partial charge in [-0.2, -0.15) is 0 Å². The van der Waals surface area contributed by atoms with E-state index in [9.17, 15) is 0 Å². The number of para-hydroxylation sites is 2. The van der Waals surface area contributed by atoms with Gasteiger partial charge < -0.3 is 14.7 Å². The molecule has 5 aliphatic rings. The molecule has 2 heterocycles. The second kappa shape index (κ2) is 16.5. The van der Waals surface area contributed by atoms with Gasteiger partial charge >= 0.3 is 0 Å². The number of fused-ring (bicyclic) bond motifs is 6. The van der Waals surface area contributed by atoms with Gasteiger partial charge in [-0.1, -0.05) is 183 Å². The molecule has 8 aromatic carbocycles. The molecule has 1 fully saturated rings. The van der Waals surface area contributed by atoms with Crippen molar-refractivity contribution in [3.8, 4) is 11.1 Å². The Morgan fingerprint density at radius 3 is 1.51 bits per heavy atom. The number of hydrogen-bond donors (Lipinski definition) is 0. The Morgan fingerprint density at radius 2 is 0.958 bits per heavy atom. The molecular formula is C67H70BN3Si. The minimum Gasteiger partial charge on any atom is -0.311 e. The van der Waals surface area contributed by atoms with E-state index in [1.807, 2.05) is 0 Å². The Labute approximate surface area is 431 Å². The summed E-state index contributed by atoms with van der Waals surface area (Å²) in [7, 11) is -1.77. The maximum atomic E-state index is 2.74. The Kier molecular flexibility index (Phi) is 10.6. The van der Waals surface area contributed by atoms with Crippen molar-refractivity contribution < 1.29 is 0 Å². The Bertz CT molecular complexity index is 3350. The van der Waals surface area contributed by atoms with E-state index in [-0.39, 0.29) is 28.4 Å². The van der Waals surface area contributed by atoms with E-state index in [0.29, 0.717) is 0 Å². The fourth-order valence-corrected chi connectivity index (χ4v) is 14.0. The van der Waals surface area contributed by atoms with Crippen LogP contribution in [-0.4, -0.2) is 14.8 Å². The van der Waals surface area contributed by atoms with Gasteiger partial charge in [-0.25, -0.2) is 0 Å². The third-order valence-electron chi connectivity index (χ3n) is 17.3. The van der Waals surface area contributed by atoms with Crippen LogP contribution in [0.2, 0.25) is 19.6 Å². The minimum atomic E-state index is -1.77. The molecule has 360 valence electrons. The normalized spacial score (nSPS) is 18.8. The highest BCUT2D eigenvalue weighted by Crippen LogP contribution is 2.58. The standard InChI is InChI=1S/C67H70BN3Si/c1-64(2,3)46-27-30-50(31-28-46)70-59-34-32-52(72(9,10)11)42-56(59)68-57-43-54-55(67(8)37-35-66(54,7)36-38-67)44-60(57)71(58-33-29-47(65(4,5)6)39-53(58)45-21-15-12-16-22-45)62-41-51(40-61(70)63(62)68)69(48-23-17-13-18-24-48)49-25-19-14-20-26-49/h12-34,39-44H,35-38H2,1-11H3. The van der Waals surface area contributed by atoms with Crippen molar-refractivity contribution in [2.75, 3.05) is 14.7 Å². The third kappa shape index (κ3) is 7.51. The molecule has 8 aromatic rings. The van der Waals surface area contributed by atoms with Crippen molar-refractivity contribution in [3.63, 3.8) is 0 Å². The van der Waals surface area contributed by atoms with Gasteiger partial charge in [0.25, 0.3) is 6.71 Å². The third-order valence-corrected chi connectivity index (χ3v) is 19.3. The maximum Gasteiger partial charge on any atom is 0.252 e. The van der Waals surface area contributed by atoms with E-state index in [1.54, 1.807) is 11.1 Å². The summed E-state index contributed by atoms with van der Waals surface area (Å²) < 4.78 is 0. The zero-order valence-corrected chi connectivity index (χ0v) is 45.5. The van der Waals surface area contributed by atoms with Crippen molar-refractivity contribution in [2.45, 2.75) is 122 Å². The summed E-state index contributed by atoms with van der Waals surface area (Å²) in [4.78, 5) is 7.81. The van der Waals surface area contributed by atoms with Crippen LogP contribution in [0.4, 0.5) is 51.2 Å². The highest BCUT2D eigenvalue weighted by molar-refractivity contribution is 7.01. The average molecular weight is 956 g/mol. The van der Waals surface area contributed by atoms with Crippen LogP contribution < -0.4 is 36.3 Å². The van der Waals surface area contributed by atoms with Crippen LogP contribution in [0.15, 0.2) is 176 Å². The summed E-state index contributed by atoms with van der Waals surface area (Å²) in [5.41, 5.74) is 23.5. The zero-order chi connectivity index (χ0) is 50.1. The van der Waals surface area contributed by atoms with E-state index in [1.165, 1.54) is 104 Å². The van der Waals surface area contributed by atoms with Crippen molar-refractivity contribution >= 4 is 87.5 Å². The molecule has 72 heavy (non-hydrogen) atoms. The number of hydrogen-bond acceptors (Lipinski definition) is 3. The molecule has 0 amide bonds. The molecule has 0 saturated heterocycles. The van der Waals surface area contributed by atoms with Crippen molar-refractivity contribution in [2.24, 2.45) is 0 Å². The summed E-state index contributed by atoms with van der Waals surface area (Å²) in [5.74, 6) is 0. The Hall–Kier alpha value is -6.56. The van der Waals surface area contributed by atoms with Gasteiger partial charge in [-0.15, -0.1) is 0 Å². The van der Waals surface area contributed by atoms with Gasteiger partial charge in [-0.05, 0) is 164 Å². The predicted octanol–water partition coefficient (Wildman–Crippen LogP) is 16.1. The van der Waals surface area contributed by atoms with Crippen molar-refractivity contribution in [1.82, 2.24) is 0 Å². The summed E-state index contributed by atoms with van der Waals surface area (Å²) in [6.45, 7) is 26.6. The Morgan fingerprint density at radius 1 is 0.458 bits per heavy atom. The van der Waals surface area contributed by atoms with Gasteiger partial charge in [0.2, 0.25) is 0 Å². The molecule has 2 bridgehead atoms. The van der Waals surface area contributed by atoms with Gasteiger partial charge in [0.1, 0.15) is 0 Å². The molecule has 2 aliphatic heterocycles. The van der Waals surface area contributed by atoms with E-state index < -0.39 is 8.07 Å². The first-order valence-electron chi connectivity index (χ1n) is 26.6. The van der Waals surface area contributed by atoms with Crippen LogP contribution >= 0.6 is 0 Å². The van der Waals surface area contributed by atoms with E-state index in [2.05, 4.69) is 266 Å². The minimum absolute atomic E-state index is 0.00443. The molecular weight excluding hydrogens is 886 g/mol. The quantitative estimate of drug-likeness (QED) is 0.147. The molecule has 0 atom stereocenters. The maximum absolute atomic E-state index is 2.74. The molecule has 0 unspecified atom stereocenters. The fourth-order valence-electron chi connectivity index (χ4n) is 12.8. The van der Waals surface area contributed by atoms with Crippen LogP contribution in [0.1, 0.15) is 103 Å². The first kappa shape index (κ1) is 46.5. The van der Waals surface area contributed by atoms with Crippen LogP contribution in [0.3, 0.4) is 0 Å². The lowest BCUT2D eigenvalue weighted by atomic mass is 9.33. The molecule has 1 saturated carbocycles. The summed E-state index contributed by atoms with van der Waals surface area (Å²) in [6, 6.07) is 68.1. The van der Waals surface area contributed by atoms with E-state index in [0.717, 1.165) is 17.1 Å². The first-order chi connectivity index (χ1) is 34.3. The smallest absolute Gasteiger partial charge is 0.252 e. The molecule has 5 heteroatoms. The average Bonchev–Trinajstić information content (AvgIpc) is 3.36. The highest BCUT2D eigenvalue weighted by Gasteiger charge is 2.51. The van der Waals surface area contributed by atoms with Gasteiger partial charge in [0.15, 0.2) is 0 Å². The number of nitrogens with zero attached hydrogens (tertiary/aromatic N) is 3. The largest absolute Gasteiger partial charge is 0.311 e. The topological polar surface area (TPSA) is 9.72 Å². The van der Waals surface area contributed by atoms with E-state index >= 15 is 0 Å². The summed E-state index contributed by atoms with van der Waals surface area (Å²) in [6.07, 6.45) is 4.94. The Balaban J connectivity index is 1.25. The van der Waals surface area contributed by atoms with Crippen LogP contribution in [-0.2, 0) is 21.7 Å². The van der Waals surface area contributed by atoms with Gasteiger partial charge in [0, 0.05) is 45.4 Å². The van der Waals surface area contributed by atoms with Crippen molar-refractivity contribution in [3.05, 3.63) is 198 Å². The zero-order valence-electron chi connectivity index (χ0n) is 44.5. The second-order valence-corrected chi connectivity index (χ2v) is 30.3. The van der Waals surface area contributed by atoms with Crippen molar-refractivity contribution in [1.29, 1.82) is 0 Å².